The molecule has 6 heteroatoms. The minimum atomic E-state index is -0.486. The first-order valence-electron chi connectivity index (χ1n) is 6.00. The molecule has 0 unspecified atom stereocenters. The Morgan fingerprint density at radius 3 is 2.58 bits per heavy atom. The van der Waals surface area contributed by atoms with E-state index in [-0.39, 0.29) is 23.8 Å². The van der Waals surface area contributed by atoms with Gasteiger partial charge in [0.15, 0.2) is 0 Å². The molecule has 0 aliphatic heterocycles. The van der Waals surface area contributed by atoms with E-state index in [2.05, 4.69) is 5.32 Å². The average molecular weight is 266 g/mol. The molecule has 0 radical (unpaired) electrons. The van der Waals surface area contributed by atoms with Crippen LogP contribution in [0.3, 0.4) is 0 Å². The minimum Gasteiger partial charge on any atom is -0.497 e. The summed E-state index contributed by atoms with van der Waals surface area (Å²) in [5, 5.41) is 12.0. The summed E-state index contributed by atoms with van der Waals surface area (Å²) in [5.74, 6) is 0.546. The number of nitrogen functional groups attached to an aromatic ring is 1. The van der Waals surface area contributed by atoms with Gasteiger partial charge in [-0.25, -0.2) is 0 Å². The van der Waals surface area contributed by atoms with Crippen molar-refractivity contribution in [1.82, 2.24) is 5.32 Å². The number of ether oxygens (including phenoxy) is 2. The predicted molar refractivity (Wildman–Crippen MR) is 70.5 cm³/mol. The molecule has 1 aliphatic rings. The average Bonchev–Trinajstić information content (AvgIpc) is 3.19. The molecule has 0 atom stereocenters. The molecule has 1 aromatic carbocycles. The zero-order valence-electron chi connectivity index (χ0n) is 11.0. The van der Waals surface area contributed by atoms with Gasteiger partial charge in [0, 0.05) is 6.07 Å². The van der Waals surface area contributed by atoms with Crippen molar-refractivity contribution in [2.24, 2.45) is 0 Å². The van der Waals surface area contributed by atoms with Crippen molar-refractivity contribution in [2.75, 3.05) is 26.6 Å². The molecule has 104 valence electrons. The Balaban J connectivity index is 2.30. The number of hydrogen-bond donors (Lipinski definition) is 3. The van der Waals surface area contributed by atoms with E-state index >= 15 is 0 Å². The molecule has 1 aliphatic carbocycles. The lowest BCUT2D eigenvalue weighted by Crippen LogP contribution is -2.39. The second-order valence-corrected chi connectivity index (χ2v) is 4.68. The van der Waals surface area contributed by atoms with Crippen molar-refractivity contribution in [2.45, 2.75) is 18.4 Å². The van der Waals surface area contributed by atoms with Gasteiger partial charge in [0.1, 0.15) is 11.5 Å². The van der Waals surface area contributed by atoms with Gasteiger partial charge in [0.25, 0.3) is 5.91 Å². The number of anilines is 1. The van der Waals surface area contributed by atoms with Gasteiger partial charge in [-0.3, -0.25) is 4.79 Å². The molecule has 2 rings (SSSR count). The molecule has 0 spiro atoms. The number of benzene rings is 1. The van der Waals surface area contributed by atoms with E-state index < -0.39 is 5.54 Å². The van der Waals surface area contributed by atoms with Crippen LogP contribution in [0.5, 0.6) is 11.5 Å². The Kier molecular flexibility index (Phi) is 3.53. The van der Waals surface area contributed by atoms with Gasteiger partial charge in [0.2, 0.25) is 0 Å². The molecule has 1 aromatic rings. The highest BCUT2D eigenvalue weighted by molar-refractivity contribution is 6.01. The fourth-order valence-electron chi connectivity index (χ4n) is 1.86. The zero-order chi connectivity index (χ0) is 14.0. The highest BCUT2D eigenvalue weighted by Crippen LogP contribution is 2.36. The second kappa shape index (κ2) is 4.97. The van der Waals surface area contributed by atoms with Gasteiger partial charge in [-0.2, -0.15) is 0 Å². The maximum absolute atomic E-state index is 12.2. The van der Waals surface area contributed by atoms with Crippen LogP contribution in [0.25, 0.3) is 0 Å². The van der Waals surface area contributed by atoms with Gasteiger partial charge in [-0.15, -0.1) is 0 Å². The number of aliphatic hydroxyl groups is 1. The van der Waals surface area contributed by atoms with Crippen molar-refractivity contribution < 1.29 is 19.4 Å². The van der Waals surface area contributed by atoms with Crippen LogP contribution in [0.4, 0.5) is 5.69 Å². The second-order valence-electron chi connectivity index (χ2n) is 4.68. The SMILES string of the molecule is COc1cc(OC)c(N)c(C(=O)NC2(CO)CC2)c1. The van der Waals surface area contributed by atoms with Crippen LogP contribution in [0.1, 0.15) is 23.2 Å². The van der Waals surface area contributed by atoms with Crippen molar-refractivity contribution in [1.29, 1.82) is 0 Å². The molecular weight excluding hydrogens is 248 g/mol. The Morgan fingerprint density at radius 1 is 1.42 bits per heavy atom. The van der Waals surface area contributed by atoms with Crippen molar-refractivity contribution in [3.8, 4) is 11.5 Å². The van der Waals surface area contributed by atoms with E-state index in [1.807, 2.05) is 0 Å². The minimum absolute atomic E-state index is 0.0697. The summed E-state index contributed by atoms with van der Waals surface area (Å²) in [6, 6.07) is 3.17. The molecule has 19 heavy (non-hydrogen) atoms. The summed E-state index contributed by atoms with van der Waals surface area (Å²) < 4.78 is 10.2. The summed E-state index contributed by atoms with van der Waals surface area (Å²) in [5.41, 5.74) is 5.96. The molecule has 0 heterocycles. The summed E-state index contributed by atoms with van der Waals surface area (Å²) in [6.07, 6.45) is 1.55. The van der Waals surface area contributed by atoms with E-state index in [1.165, 1.54) is 14.2 Å². The van der Waals surface area contributed by atoms with Gasteiger partial charge >= 0.3 is 0 Å². The third-order valence-electron chi connectivity index (χ3n) is 3.35. The van der Waals surface area contributed by atoms with Crippen LogP contribution in [0.2, 0.25) is 0 Å². The van der Waals surface area contributed by atoms with Gasteiger partial charge in [0.05, 0.1) is 37.6 Å². The number of hydrogen-bond acceptors (Lipinski definition) is 5. The molecule has 1 amide bonds. The highest BCUT2D eigenvalue weighted by atomic mass is 16.5. The van der Waals surface area contributed by atoms with Crippen LogP contribution in [0.15, 0.2) is 12.1 Å². The number of carbonyl (C=O) groups is 1. The number of methoxy groups -OCH3 is 2. The number of amides is 1. The summed E-state index contributed by atoms with van der Waals surface area (Å²) in [6.45, 7) is -0.0697. The first-order chi connectivity index (χ1) is 9.05. The molecule has 0 bridgehead atoms. The van der Waals surface area contributed by atoms with Gasteiger partial charge in [-0.1, -0.05) is 0 Å². The lowest BCUT2D eigenvalue weighted by Gasteiger charge is -2.17. The molecule has 1 fully saturated rings. The summed E-state index contributed by atoms with van der Waals surface area (Å²) in [7, 11) is 2.98. The number of aliphatic hydroxyl groups excluding tert-OH is 1. The topological polar surface area (TPSA) is 93.8 Å². The van der Waals surface area contributed by atoms with Crippen LogP contribution < -0.4 is 20.5 Å². The first-order valence-corrected chi connectivity index (χ1v) is 6.00. The smallest absolute Gasteiger partial charge is 0.254 e. The zero-order valence-corrected chi connectivity index (χ0v) is 11.0. The van der Waals surface area contributed by atoms with Crippen molar-refractivity contribution in [3.63, 3.8) is 0 Å². The highest BCUT2D eigenvalue weighted by Gasteiger charge is 2.43. The van der Waals surface area contributed by atoms with Crippen LogP contribution in [0, 0.1) is 0 Å². The lowest BCUT2D eigenvalue weighted by molar-refractivity contribution is 0.0907. The molecule has 1 saturated carbocycles. The predicted octanol–water partition coefficient (Wildman–Crippen LogP) is 0.541. The molecule has 4 N–H and O–H groups in total. The van der Waals surface area contributed by atoms with Crippen LogP contribution >= 0.6 is 0 Å². The molecule has 6 nitrogen and oxygen atoms in total. The van der Waals surface area contributed by atoms with Crippen LogP contribution in [-0.4, -0.2) is 37.4 Å². The molecule has 0 aromatic heterocycles. The largest absolute Gasteiger partial charge is 0.497 e. The van der Waals surface area contributed by atoms with E-state index in [9.17, 15) is 9.90 Å². The third kappa shape index (κ3) is 2.58. The number of carbonyl (C=O) groups excluding carboxylic acids is 1. The maximum atomic E-state index is 12.2. The third-order valence-corrected chi connectivity index (χ3v) is 3.35. The fraction of sp³-hybridized carbons (Fsp3) is 0.462. The Hall–Kier alpha value is -1.95. The number of nitrogens with one attached hydrogen (secondary N) is 1. The number of nitrogens with two attached hydrogens (primary N) is 1. The summed E-state index contributed by atoms with van der Waals surface area (Å²) >= 11 is 0. The van der Waals surface area contributed by atoms with Crippen molar-refractivity contribution in [3.05, 3.63) is 17.7 Å². The van der Waals surface area contributed by atoms with E-state index in [0.29, 0.717) is 11.5 Å². The summed E-state index contributed by atoms with van der Waals surface area (Å²) in [4.78, 5) is 12.2. The maximum Gasteiger partial charge on any atom is 0.254 e. The van der Waals surface area contributed by atoms with Crippen molar-refractivity contribution >= 4 is 11.6 Å². The van der Waals surface area contributed by atoms with Gasteiger partial charge in [-0.05, 0) is 18.9 Å². The standard InChI is InChI=1S/C13H18N2O4/c1-18-8-5-9(11(14)10(6-8)19-2)12(17)15-13(7-16)3-4-13/h5-6,16H,3-4,7,14H2,1-2H3,(H,15,17). The quantitative estimate of drug-likeness (QED) is 0.676. The lowest BCUT2D eigenvalue weighted by atomic mass is 10.1. The van der Waals surface area contributed by atoms with Gasteiger partial charge < -0.3 is 25.6 Å². The normalized spacial score (nSPS) is 15.7. The molecule has 0 saturated heterocycles. The monoisotopic (exact) mass is 266 g/mol. The molecular formula is C13H18N2O4. The van der Waals surface area contributed by atoms with E-state index in [0.717, 1.165) is 12.8 Å². The Bertz CT molecular complexity index is 498. The first kappa shape index (κ1) is 13.5. The van der Waals surface area contributed by atoms with E-state index in [1.54, 1.807) is 12.1 Å². The van der Waals surface area contributed by atoms with Crippen LogP contribution in [-0.2, 0) is 0 Å². The Labute approximate surface area is 111 Å². The Morgan fingerprint density at radius 2 is 2.11 bits per heavy atom. The number of rotatable bonds is 5. The fourth-order valence-corrected chi connectivity index (χ4v) is 1.86. The van der Waals surface area contributed by atoms with E-state index in [4.69, 9.17) is 15.2 Å².